The molecule has 2 amide bonds. The average molecular weight is 362 g/mol. The van der Waals surface area contributed by atoms with Gasteiger partial charge in [-0.1, -0.05) is 0 Å². The van der Waals surface area contributed by atoms with Crippen LogP contribution in [0.3, 0.4) is 0 Å². The molecule has 1 aromatic heterocycles. The molecule has 8 heteroatoms. The van der Waals surface area contributed by atoms with Gasteiger partial charge in [-0.05, 0) is 38.0 Å². The minimum Gasteiger partial charge on any atom is -0.341 e. The van der Waals surface area contributed by atoms with Crippen molar-refractivity contribution in [1.29, 1.82) is 0 Å². The molecule has 1 aliphatic heterocycles. The summed E-state index contributed by atoms with van der Waals surface area (Å²) in [6, 6.07) is 1.18. The minimum atomic E-state index is -1.03. The Kier molecular flexibility index (Phi) is 3.93. The average Bonchev–Trinajstić information content (AvgIpc) is 3.24. The molecule has 1 aliphatic carbocycles. The van der Waals surface area contributed by atoms with Crippen LogP contribution < -0.4 is 5.32 Å². The third-order valence-corrected chi connectivity index (χ3v) is 5.55. The number of carbonyl (C=O) groups is 2. The Balaban J connectivity index is 1.41. The summed E-state index contributed by atoms with van der Waals surface area (Å²) in [6.45, 7) is 3.08. The predicted octanol–water partition coefficient (Wildman–Crippen LogP) is 2.36. The van der Waals surface area contributed by atoms with Crippen LogP contribution in [0.15, 0.2) is 12.1 Å². The number of imidazole rings is 1. The summed E-state index contributed by atoms with van der Waals surface area (Å²) in [5, 5.41) is 2.61. The molecule has 4 rings (SSSR count). The maximum Gasteiger partial charge on any atom is 0.287 e. The number of nitrogens with zero attached hydrogens (tertiary/aromatic N) is 2. The molecule has 0 unspecified atom stereocenters. The van der Waals surface area contributed by atoms with Gasteiger partial charge in [-0.2, -0.15) is 0 Å². The van der Waals surface area contributed by atoms with Crippen LogP contribution in [-0.4, -0.2) is 45.8 Å². The van der Waals surface area contributed by atoms with E-state index >= 15 is 0 Å². The summed E-state index contributed by atoms with van der Waals surface area (Å²) < 4.78 is 26.5. The van der Waals surface area contributed by atoms with Crippen LogP contribution >= 0.6 is 0 Å². The zero-order valence-electron chi connectivity index (χ0n) is 14.4. The molecule has 1 spiro atoms. The van der Waals surface area contributed by atoms with Crippen molar-refractivity contribution in [1.82, 2.24) is 20.2 Å². The van der Waals surface area contributed by atoms with Gasteiger partial charge in [0.2, 0.25) is 5.91 Å². The number of aromatic nitrogens is 2. The van der Waals surface area contributed by atoms with Gasteiger partial charge < -0.3 is 15.2 Å². The van der Waals surface area contributed by atoms with Crippen molar-refractivity contribution in [2.24, 2.45) is 5.41 Å². The number of hydrogen-bond acceptors (Lipinski definition) is 3. The normalized spacial score (nSPS) is 19.6. The van der Waals surface area contributed by atoms with E-state index in [-0.39, 0.29) is 22.8 Å². The number of piperidine rings is 1. The van der Waals surface area contributed by atoms with Crippen molar-refractivity contribution in [3.05, 3.63) is 29.6 Å². The lowest BCUT2D eigenvalue weighted by Gasteiger charge is -2.33. The van der Waals surface area contributed by atoms with E-state index in [0.717, 1.165) is 38.1 Å². The SMILES string of the molecule is C[C@H](NC(=O)c1nc2cc(F)c(F)cc2[nH]1)C(=O)N1CCC2(CC1)CC2. The van der Waals surface area contributed by atoms with Crippen LogP contribution in [0.2, 0.25) is 0 Å². The first-order valence-electron chi connectivity index (χ1n) is 8.81. The van der Waals surface area contributed by atoms with E-state index in [1.807, 2.05) is 0 Å². The van der Waals surface area contributed by atoms with Crippen LogP contribution in [0.5, 0.6) is 0 Å². The van der Waals surface area contributed by atoms with E-state index in [1.165, 1.54) is 12.8 Å². The Morgan fingerprint density at radius 3 is 2.50 bits per heavy atom. The Morgan fingerprint density at radius 1 is 1.19 bits per heavy atom. The lowest BCUT2D eigenvalue weighted by molar-refractivity contribution is -0.134. The molecule has 26 heavy (non-hydrogen) atoms. The Hall–Kier alpha value is -2.51. The Morgan fingerprint density at radius 2 is 1.85 bits per heavy atom. The monoisotopic (exact) mass is 362 g/mol. The summed E-state index contributed by atoms with van der Waals surface area (Å²) in [6.07, 6.45) is 4.57. The fourth-order valence-corrected chi connectivity index (χ4v) is 3.59. The first-order valence-corrected chi connectivity index (χ1v) is 8.81. The number of likely N-dealkylation sites (tertiary alicyclic amines) is 1. The molecule has 1 aromatic carbocycles. The molecule has 2 heterocycles. The highest BCUT2D eigenvalue weighted by atomic mass is 19.2. The lowest BCUT2D eigenvalue weighted by atomic mass is 9.93. The maximum absolute atomic E-state index is 13.3. The number of amides is 2. The van der Waals surface area contributed by atoms with Gasteiger partial charge in [-0.3, -0.25) is 9.59 Å². The minimum absolute atomic E-state index is 0.0831. The number of rotatable bonds is 3. The van der Waals surface area contributed by atoms with Crippen LogP contribution in [0.1, 0.15) is 43.2 Å². The lowest BCUT2D eigenvalue weighted by Crippen LogP contribution is -2.49. The Bertz CT molecular complexity index is 842. The van der Waals surface area contributed by atoms with Crippen molar-refractivity contribution in [2.75, 3.05) is 13.1 Å². The fourth-order valence-electron chi connectivity index (χ4n) is 3.59. The highest BCUT2D eigenvalue weighted by Gasteiger charge is 2.45. The van der Waals surface area contributed by atoms with Crippen LogP contribution in [0, 0.1) is 17.0 Å². The number of hydrogen-bond donors (Lipinski definition) is 2. The van der Waals surface area contributed by atoms with Crippen molar-refractivity contribution in [3.8, 4) is 0 Å². The zero-order valence-corrected chi connectivity index (χ0v) is 14.4. The molecule has 0 bridgehead atoms. The van der Waals surface area contributed by atoms with E-state index in [2.05, 4.69) is 15.3 Å². The highest BCUT2D eigenvalue weighted by molar-refractivity contribution is 5.97. The summed E-state index contributed by atoms with van der Waals surface area (Å²) in [5.41, 5.74) is 0.847. The van der Waals surface area contributed by atoms with Crippen molar-refractivity contribution >= 4 is 22.8 Å². The molecule has 1 saturated heterocycles. The van der Waals surface area contributed by atoms with E-state index in [1.54, 1.807) is 11.8 Å². The summed E-state index contributed by atoms with van der Waals surface area (Å²) >= 11 is 0. The number of aromatic amines is 1. The van der Waals surface area contributed by atoms with Gasteiger partial charge >= 0.3 is 0 Å². The van der Waals surface area contributed by atoms with Crippen molar-refractivity contribution in [2.45, 2.75) is 38.6 Å². The summed E-state index contributed by atoms with van der Waals surface area (Å²) in [7, 11) is 0. The Labute approximate surface area is 149 Å². The summed E-state index contributed by atoms with van der Waals surface area (Å²) in [4.78, 5) is 33.3. The third kappa shape index (κ3) is 3.04. The van der Waals surface area contributed by atoms with Gasteiger partial charge in [0.25, 0.3) is 5.91 Å². The van der Waals surface area contributed by atoms with Gasteiger partial charge in [0.05, 0.1) is 11.0 Å². The topological polar surface area (TPSA) is 78.1 Å². The number of carbonyl (C=O) groups excluding carboxylic acids is 2. The van der Waals surface area contributed by atoms with Gasteiger partial charge in [0.1, 0.15) is 6.04 Å². The molecule has 0 radical (unpaired) electrons. The van der Waals surface area contributed by atoms with Crippen LogP contribution in [0.25, 0.3) is 11.0 Å². The predicted molar refractivity (Wildman–Crippen MR) is 90.4 cm³/mol. The second-order valence-corrected chi connectivity index (χ2v) is 7.39. The smallest absolute Gasteiger partial charge is 0.287 e. The zero-order chi connectivity index (χ0) is 18.5. The van der Waals surface area contributed by atoms with Crippen LogP contribution in [-0.2, 0) is 4.79 Å². The fraction of sp³-hybridized carbons (Fsp3) is 0.500. The largest absolute Gasteiger partial charge is 0.341 e. The van der Waals surface area contributed by atoms with E-state index in [0.29, 0.717) is 5.41 Å². The molecule has 2 aliphatic rings. The van der Waals surface area contributed by atoms with Gasteiger partial charge in [0.15, 0.2) is 17.5 Å². The van der Waals surface area contributed by atoms with Gasteiger partial charge in [-0.15, -0.1) is 0 Å². The van der Waals surface area contributed by atoms with Crippen molar-refractivity contribution in [3.63, 3.8) is 0 Å². The number of fused-ring (bicyclic) bond motifs is 1. The molecular weight excluding hydrogens is 342 g/mol. The molecule has 2 N–H and O–H groups in total. The number of nitrogens with one attached hydrogen (secondary N) is 2. The molecule has 138 valence electrons. The first kappa shape index (κ1) is 16.9. The van der Waals surface area contributed by atoms with Gasteiger partial charge in [0, 0.05) is 25.2 Å². The highest BCUT2D eigenvalue weighted by Crippen LogP contribution is 2.53. The van der Waals surface area contributed by atoms with E-state index in [4.69, 9.17) is 0 Å². The van der Waals surface area contributed by atoms with Crippen LogP contribution in [0.4, 0.5) is 8.78 Å². The second kappa shape index (κ2) is 6.03. The summed E-state index contributed by atoms with van der Waals surface area (Å²) in [5.74, 6) is -2.84. The molecule has 2 aromatic rings. The first-order chi connectivity index (χ1) is 12.4. The maximum atomic E-state index is 13.3. The van der Waals surface area contributed by atoms with Gasteiger partial charge in [-0.25, -0.2) is 13.8 Å². The quantitative estimate of drug-likeness (QED) is 0.880. The molecular formula is C18H20F2N4O2. The molecule has 1 atom stereocenters. The molecule has 6 nitrogen and oxygen atoms in total. The molecule has 2 fully saturated rings. The third-order valence-electron chi connectivity index (χ3n) is 5.55. The van der Waals surface area contributed by atoms with E-state index < -0.39 is 23.6 Å². The number of halogens is 2. The standard InChI is InChI=1S/C18H20F2N4O2/c1-10(17(26)24-6-4-18(2-3-18)5-7-24)21-16(25)15-22-13-8-11(19)12(20)9-14(13)23-15/h8-10H,2-7H2,1H3,(H,21,25)(H,22,23)/t10-/m0/s1. The van der Waals surface area contributed by atoms with E-state index in [9.17, 15) is 18.4 Å². The molecule has 1 saturated carbocycles. The van der Waals surface area contributed by atoms with Crippen molar-refractivity contribution < 1.29 is 18.4 Å². The number of H-pyrrole nitrogens is 1. The number of benzene rings is 1. The second-order valence-electron chi connectivity index (χ2n) is 7.39.